The lowest BCUT2D eigenvalue weighted by atomic mass is 10.1. The number of hydrogen-bond acceptors (Lipinski definition) is 1. The molecule has 0 N–H and O–H groups in total. The molecule has 0 radical (unpaired) electrons. The minimum Gasteiger partial charge on any atom is -0.378 e. The average molecular weight is 192 g/mol. The second-order valence-electron chi connectivity index (χ2n) is 4.43. The maximum Gasteiger partial charge on any atom is 0.0643 e. The van der Waals surface area contributed by atoms with Crippen LogP contribution >= 0.6 is 0 Å². The van der Waals surface area contributed by atoms with Gasteiger partial charge in [-0.1, -0.05) is 37.6 Å². The predicted molar refractivity (Wildman–Crippen MR) is 59.1 cm³/mol. The number of fused-ring (bicyclic) bond motifs is 2. The third kappa shape index (κ3) is 2.27. The number of rotatable bonds is 4. The Morgan fingerprint density at radius 2 is 2.07 bits per heavy atom. The van der Waals surface area contributed by atoms with Crippen molar-refractivity contribution < 1.29 is 4.74 Å². The molecule has 0 aromatic rings. The number of ether oxygens (including phenoxy) is 1. The van der Waals surface area contributed by atoms with Crippen molar-refractivity contribution in [2.24, 2.45) is 11.8 Å². The Kier molecular flexibility index (Phi) is 3.41. The molecule has 2 aliphatic rings. The Hall–Kier alpha value is -0.560. The minimum atomic E-state index is 0.493. The first kappa shape index (κ1) is 9.97. The van der Waals surface area contributed by atoms with Gasteiger partial charge in [-0.05, 0) is 25.2 Å². The van der Waals surface area contributed by atoms with Crippen molar-refractivity contribution in [1.29, 1.82) is 0 Å². The van der Waals surface area contributed by atoms with Crippen LogP contribution in [0.1, 0.15) is 32.6 Å². The lowest BCUT2D eigenvalue weighted by molar-refractivity contribution is 0.0368. The van der Waals surface area contributed by atoms with Crippen LogP contribution in [0.4, 0.5) is 0 Å². The van der Waals surface area contributed by atoms with E-state index in [1.807, 2.05) is 0 Å². The largest absolute Gasteiger partial charge is 0.378 e. The minimum absolute atomic E-state index is 0.493. The zero-order valence-electron chi connectivity index (χ0n) is 8.99. The van der Waals surface area contributed by atoms with Crippen LogP contribution in [0.5, 0.6) is 0 Å². The summed E-state index contributed by atoms with van der Waals surface area (Å²) in [6, 6.07) is 0. The van der Waals surface area contributed by atoms with E-state index in [1.165, 1.54) is 25.7 Å². The van der Waals surface area contributed by atoms with Gasteiger partial charge in [-0.3, -0.25) is 0 Å². The summed E-state index contributed by atoms with van der Waals surface area (Å²) in [7, 11) is 0. The molecule has 2 bridgehead atoms. The van der Waals surface area contributed by atoms with Gasteiger partial charge in [0.25, 0.3) is 0 Å². The van der Waals surface area contributed by atoms with E-state index in [1.54, 1.807) is 0 Å². The zero-order valence-corrected chi connectivity index (χ0v) is 8.99. The molecule has 0 amide bonds. The maximum atomic E-state index is 5.93. The van der Waals surface area contributed by atoms with Crippen LogP contribution in [-0.4, -0.2) is 12.7 Å². The first-order valence-electron chi connectivity index (χ1n) is 5.86. The zero-order chi connectivity index (χ0) is 9.80. The number of allylic oxidation sites excluding steroid dienone is 3. The lowest BCUT2D eigenvalue weighted by Gasteiger charge is -2.17. The van der Waals surface area contributed by atoms with Gasteiger partial charge in [0.05, 0.1) is 6.10 Å². The summed E-state index contributed by atoms with van der Waals surface area (Å²) < 4.78 is 5.93. The van der Waals surface area contributed by atoms with Crippen LogP contribution in [0.25, 0.3) is 0 Å². The van der Waals surface area contributed by atoms with E-state index in [9.17, 15) is 0 Å². The molecule has 14 heavy (non-hydrogen) atoms. The van der Waals surface area contributed by atoms with Crippen molar-refractivity contribution in [1.82, 2.24) is 0 Å². The third-order valence-corrected chi connectivity index (χ3v) is 3.27. The molecule has 0 spiro atoms. The highest BCUT2D eigenvalue weighted by Crippen LogP contribution is 2.36. The van der Waals surface area contributed by atoms with Gasteiger partial charge in [-0.15, -0.1) is 0 Å². The molecule has 3 unspecified atom stereocenters. The van der Waals surface area contributed by atoms with Gasteiger partial charge >= 0.3 is 0 Å². The summed E-state index contributed by atoms with van der Waals surface area (Å²) in [6.45, 7) is 3.16. The fraction of sp³-hybridized carbons (Fsp3) is 0.692. The third-order valence-electron chi connectivity index (χ3n) is 3.27. The Morgan fingerprint density at radius 1 is 1.21 bits per heavy atom. The Balaban J connectivity index is 1.84. The highest BCUT2D eigenvalue weighted by atomic mass is 16.5. The molecule has 0 aromatic heterocycles. The number of unbranched alkanes of at least 4 members (excludes halogenated alkanes) is 1. The van der Waals surface area contributed by atoms with E-state index in [0.29, 0.717) is 12.0 Å². The monoisotopic (exact) mass is 192 g/mol. The maximum absolute atomic E-state index is 5.93. The van der Waals surface area contributed by atoms with E-state index in [-0.39, 0.29) is 0 Å². The molecule has 3 atom stereocenters. The van der Waals surface area contributed by atoms with Gasteiger partial charge in [-0.2, -0.15) is 0 Å². The molecule has 0 heterocycles. The lowest BCUT2D eigenvalue weighted by Crippen LogP contribution is -2.17. The second-order valence-corrected chi connectivity index (χ2v) is 4.43. The fourth-order valence-electron chi connectivity index (χ4n) is 2.43. The van der Waals surface area contributed by atoms with Crippen molar-refractivity contribution >= 4 is 0 Å². The number of hydrogen-bond donors (Lipinski definition) is 0. The van der Waals surface area contributed by atoms with E-state index in [0.717, 1.165) is 12.5 Å². The molecule has 1 saturated carbocycles. The van der Waals surface area contributed by atoms with Gasteiger partial charge < -0.3 is 4.74 Å². The molecule has 1 fully saturated rings. The van der Waals surface area contributed by atoms with Crippen LogP contribution in [-0.2, 0) is 4.74 Å². The molecular weight excluding hydrogens is 172 g/mol. The van der Waals surface area contributed by atoms with E-state index < -0.39 is 0 Å². The molecule has 0 aromatic carbocycles. The standard InChI is InChI=1S/C13H20O/c1-2-3-8-14-13-10-11-6-4-5-7-12(13)9-11/h4-7,11-13H,2-3,8-10H2,1H3. The van der Waals surface area contributed by atoms with Gasteiger partial charge in [0.15, 0.2) is 0 Å². The smallest absolute Gasteiger partial charge is 0.0643 e. The summed E-state index contributed by atoms with van der Waals surface area (Å²) in [5, 5.41) is 0. The Bertz CT molecular complexity index is 229. The Morgan fingerprint density at radius 3 is 2.93 bits per heavy atom. The molecule has 1 nitrogen and oxygen atoms in total. The predicted octanol–water partition coefficient (Wildman–Crippen LogP) is 3.32. The first-order valence-corrected chi connectivity index (χ1v) is 5.86. The SMILES string of the molecule is CCCCOC1CC2C=CC=CC1C2. The van der Waals surface area contributed by atoms with Crippen molar-refractivity contribution in [3.8, 4) is 0 Å². The molecule has 2 rings (SSSR count). The highest BCUT2D eigenvalue weighted by Gasteiger charge is 2.32. The average Bonchev–Trinajstić information content (AvgIpc) is 2.41. The quantitative estimate of drug-likeness (QED) is 0.621. The molecule has 1 heteroatoms. The molecule has 0 saturated heterocycles. The topological polar surface area (TPSA) is 9.23 Å². The fourth-order valence-corrected chi connectivity index (χ4v) is 2.43. The van der Waals surface area contributed by atoms with Crippen LogP contribution in [0, 0.1) is 11.8 Å². The normalized spacial score (nSPS) is 34.8. The van der Waals surface area contributed by atoms with E-state index >= 15 is 0 Å². The van der Waals surface area contributed by atoms with Crippen LogP contribution in [0.2, 0.25) is 0 Å². The summed E-state index contributed by atoms with van der Waals surface area (Å²) in [5.41, 5.74) is 0. The molecule has 2 aliphatic carbocycles. The first-order chi connectivity index (χ1) is 6.90. The van der Waals surface area contributed by atoms with Gasteiger partial charge in [0.1, 0.15) is 0 Å². The van der Waals surface area contributed by atoms with Crippen molar-refractivity contribution in [3.63, 3.8) is 0 Å². The van der Waals surface area contributed by atoms with Crippen LogP contribution in [0.15, 0.2) is 24.3 Å². The van der Waals surface area contributed by atoms with Crippen molar-refractivity contribution in [2.75, 3.05) is 6.61 Å². The van der Waals surface area contributed by atoms with Crippen LogP contribution in [0.3, 0.4) is 0 Å². The Labute approximate surface area is 86.8 Å². The van der Waals surface area contributed by atoms with Gasteiger partial charge in [0, 0.05) is 12.5 Å². The van der Waals surface area contributed by atoms with E-state index in [2.05, 4.69) is 31.2 Å². The van der Waals surface area contributed by atoms with Crippen LogP contribution < -0.4 is 0 Å². The van der Waals surface area contributed by atoms with Crippen molar-refractivity contribution in [3.05, 3.63) is 24.3 Å². The summed E-state index contributed by atoms with van der Waals surface area (Å²) in [4.78, 5) is 0. The highest BCUT2D eigenvalue weighted by molar-refractivity contribution is 5.14. The summed E-state index contributed by atoms with van der Waals surface area (Å²) >= 11 is 0. The van der Waals surface area contributed by atoms with Gasteiger partial charge in [0.2, 0.25) is 0 Å². The van der Waals surface area contributed by atoms with E-state index in [4.69, 9.17) is 4.74 Å². The summed E-state index contributed by atoms with van der Waals surface area (Å²) in [5.74, 6) is 1.44. The van der Waals surface area contributed by atoms with Crippen molar-refractivity contribution in [2.45, 2.75) is 38.7 Å². The molecule has 0 aliphatic heterocycles. The second kappa shape index (κ2) is 4.79. The summed E-state index contributed by atoms with van der Waals surface area (Å²) in [6.07, 6.45) is 14.5. The molecule has 78 valence electrons. The molecular formula is C13H20O. The van der Waals surface area contributed by atoms with Gasteiger partial charge in [-0.25, -0.2) is 0 Å².